The zero-order chi connectivity index (χ0) is 25.5. The van der Waals surface area contributed by atoms with E-state index in [2.05, 4.69) is 30.6 Å². The highest BCUT2D eigenvalue weighted by Crippen LogP contribution is 2.32. The molecule has 4 rings (SSSR count). The Hall–Kier alpha value is -4.73. The molecule has 2 amide bonds. The molecule has 36 heavy (non-hydrogen) atoms. The number of hydrogen-bond donors (Lipinski definition) is 2. The van der Waals surface area contributed by atoms with Crippen molar-refractivity contribution < 1.29 is 19.0 Å². The highest BCUT2D eigenvalue weighted by Gasteiger charge is 2.14. The van der Waals surface area contributed by atoms with Crippen molar-refractivity contribution in [2.75, 3.05) is 24.9 Å². The largest absolute Gasteiger partial charge is 0.497 e. The van der Waals surface area contributed by atoms with Gasteiger partial charge in [-0.05, 0) is 55.0 Å². The minimum absolute atomic E-state index is 0.374. The number of urea groups is 1. The van der Waals surface area contributed by atoms with Crippen LogP contribution in [0.4, 0.5) is 16.2 Å². The number of ether oxygens (including phenoxy) is 3. The topological polar surface area (TPSA) is 120 Å². The molecule has 0 atom stereocenters. The highest BCUT2D eigenvalue weighted by atomic mass is 16.5. The molecule has 2 aromatic heterocycles. The summed E-state index contributed by atoms with van der Waals surface area (Å²) in [7, 11) is 3.09. The Kier molecular flexibility index (Phi) is 7.54. The molecular formula is C26H26N6O4. The molecule has 0 bridgehead atoms. The zero-order valence-corrected chi connectivity index (χ0v) is 20.4. The summed E-state index contributed by atoms with van der Waals surface area (Å²) in [6.07, 6.45) is 3.82. The average molecular weight is 487 g/mol. The average Bonchev–Trinajstić information content (AvgIpc) is 2.90. The van der Waals surface area contributed by atoms with Gasteiger partial charge in [0.2, 0.25) is 5.88 Å². The van der Waals surface area contributed by atoms with Crippen LogP contribution in [-0.2, 0) is 6.42 Å². The standard InChI is InChI=1S/C26H26N6O4/c1-5-23-28-15-29-24(32-23)19-7-6-12-27-25(19)36-21-11-8-17(13-16(21)2)30-26(33)31-20-10-9-18(34-3)14-22(20)35-4/h6-15H,5H2,1-4H3,(H2,30,31,33). The summed E-state index contributed by atoms with van der Waals surface area (Å²) in [4.78, 5) is 29.8. The van der Waals surface area contributed by atoms with E-state index in [9.17, 15) is 4.79 Å². The third-order valence-electron chi connectivity index (χ3n) is 5.25. The maximum atomic E-state index is 12.6. The first-order chi connectivity index (χ1) is 17.5. The summed E-state index contributed by atoms with van der Waals surface area (Å²) in [5.74, 6) is 3.25. The Balaban J connectivity index is 1.48. The number of nitrogens with one attached hydrogen (secondary N) is 2. The lowest BCUT2D eigenvalue weighted by Crippen LogP contribution is -2.19. The molecule has 0 saturated heterocycles. The molecule has 0 aliphatic carbocycles. The molecule has 2 aromatic carbocycles. The number of carbonyl (C=O) groups is 1. The number of pyridine rings is 1. The Morgan fingerprint density at radius 2 is 1.81 bits per heavy atom. The molecule has 184 valence electrons. The summed E-state index contributed by atoms with van der Waals surface area (Å²) < 4.78 is 16.6. The maximum absolute atomic E-state index is 12.6. The summed E-state index contributed by atoms with van der Waals surface area (Å²) in [5, 5.41) is 5.60. The fourth-order valence-electron chi connectivity index (χ4n) is 3.40. The second-order valence-corrected chi connectivity index (χ2v) is 7.66. The van der Waals surface area contributed by atoms with Crippen LogP contribution in [0.2, 0.25) is 0 Å². The molecular weight excluding hydrogens is 460 g/mol. The van der Waals surface area contributed by atoms with Crippen LogP contribution in [0.1, 0.15) is 18.3 Å². The van der Waals surface area contributed by atoms with Gasteiger partial charge >= 0.3 is 6.03 Å². The first kappa shape index (κ1) is 24.4. The van der Waals surface area contributed by atoms with E-state index < -0.39 is 6.03 Å². The smallest absolute Gasteiger partial charge is 0.323 e. The zero-order valence-electron chi connectivity index (χ0n) is 20.4. The van der Waals surface area contributed by atoms with Crippen LogP contribution < -0.4 is 24.8 Å². The number of methoxy groups -OCH3 is 2. The lowest BCUT2D eigenvalue weighted by molar-refractivity contribution is 0.262. The van der Waals surface area contributed by atoms with Crippen molar-refractivity contribution >= 4 is 17.4 Å². The molecule has 2 N–H and O–H groups in total. The Morgan fingerprint density at radius 3 is 2.56 bits per heavy atom. The first-order valence-corrected chi connectivity index (χ1v) is 11.2. The number of benzene rings is 2. The third kappa shape index (κ3) is 5.66. The van der Waals surface area contributed by atoms with Crippen LogP contribution in [0.25, 0.3) is 11.4 Å². The van der Waals surface area contributed by atoms with Gasteiger partial charge in [-0.2, -0.15) is 0 Å². The highest BCUT2D eigenvalue weighted by molar-refractivity contribution is 6.00. The van der Waals surface area contributed by atoms with Gasteiger partial charge in [-0.25, -0.2) is 24.7 Å². The summed E-state index contributed by atoms with van der Waals surface area (Å²) >= 11 is 0. The van der Waals surface area contributed by atoms with Crippen LogP contribution >= 0.6 is 0 Å². The van der Waals surface area contributed by atoms with Gasteiger partial charge in [0.1, 0.15) is 29.4 Å². The van der Waals surface area contributed by atoms with E-state index in [1.165, 1.54) is 13.4 Å². The van der Waals surface area contributed by atoms with Crippen LogP contribution in [0.3, 0.4) is 0 Å². The van der Waals surface area contributed by atoms with E-state index in [0.29, 0.717) is 58.1 Å². The summed E-state index contributed by atoms with van der Waals surface area (Å²) in [5.41, 5.74) is 2.57. The van der Waals surface area contributed by atoms with Crippen molar-refractivity contribution in [2.45, 2.75) is 20.3 Å². The molecule has 0 saturated carbocycles. The van der Waals surface area contributed by atoms with E-state index in [0.717, 1.165) is 5.56 Å². The molecule has 0 fully saturated rings. The van der Waals surface area contributed by atoms with Gasteiger partial charge in [0.25, 0.3) is 0 Å². The lowest BCUT2D eigenvalue weighted by Gasteiger charge is -2.14. The fourth-order valence-corrected chi connectivity index (χ4v) is 3.40. The van der Waals surface area contributed by atoms with Gasteiger partial charge in [0.15, 0.2) is 5.82 Å². The van der Waals surface area contributed by atoms with Gasteiger partial charge in [-0.1, -0.05) is 6.92 Å². The fraction of sp³-hybridized carbons (Fsp3) is 0.192. The van der Waals surface area contributed by atoms with Crippen LogP contribution in [0.15, 0.2) is 61.1 Å². The Labute approximate surface area is 208 Å². The number of carbonyl (C=O) groups excluding carboxylic acids is 1. The van der Waals surface area contributed by atoms with Crippen molar-refractivity contribution in [1.82, 2.24) is 19.9 Å². The van der Waals surface area contributed by atoms with Gasteiger partial charge < -0.3 is 24.8 Å². The van der Waals surface area contributed by atoms with Crippen molar-refractivity contribution in [3.8, 4) is 34.5 Å². The number of nitrogens with zero attached hydrogens (tertiary/aromatic N) is 4. The number of hydrogen-bond acceptors (Lipinski definition) is 8. The molecule has 0 aliphatic heterocycles. The Morgan fingerprint density at radius 1 is 0.944 bits per heavy atom. The predicted octanol–water partition coefficient (Wildman–Crippen LogP) is 5.26. The molecule has 0 aliphatic rings. The monoisotopic (exact) mass is 486 g/mol. The van der Waals surface area contributed by atoms with Crippen molar-refractivity contribution in [2.24, 2.45) is 0 Å². The van der Waals surface area contributed by atoms with Crippen LogP contribution in [0, 0.1) is 6.92 Å². The second kappa shape index (κ2) is 11.1. The second-order valence-electron chi connectivity index (χ2n) is 7.66. The molecule has 0 radical (unpaired) electrons. The molecule has 10 nitrogen and oxygen atoms in total. The number of anilines is 2. The third-order valence-corrected chi connectivity index (χ3v) is 5.25. The molecule has 0 spiro atoms. The van der Waals surface area contributed by atoms with Crippen molar-refractivity contribution in [3.05, 3.63) is 72.4 Å². The van der Waals surface area contributed by atoms with Gasteiger partial charge in [0.05, 0.1) is 25.5 Å². The van der Waals surface area contributed by atoms with Crippen LogP contribution in [0.5, 0.6) is 23.1 Å². The SMILES string of the molecule is CCc1ncnc(-c2cccnc2Oc2ccc(NC(=O)Nc3ccc(OC)cc3OC)cc2C)n1. The minimum Gasteiger partial charge on any atom is -0.497 e. The van der Waals surface area contributed by atoms with E-state index in [4.69, 9.17) is 14.2 Å². The summed E-state index contributed by atoms with van der Waals surface area (Å²) in [6.45, 7) is 3.86. The quantitative estimate of drug-likeness (QED) is 0.346. The van der Waals surface area contributed by atoms with Crippen molar-refractivity contribution in [3.63, 3.8) is 0 Å². The normalized spacial score (nSPS) is 10.4. The lowest BCUT2D eigenvalue weighted by atomic mass is 10.2. The molecule has 10 heteroatoms. The number of aryl methyl sites for hydroxylation is 2. The minimum atomic E-state index is -0.417. The van der Waals surface area contributed by atoms with Gasteiger partial charge in [-0.15, -0.1) is 0 Å². The predicted molar refractivity (Wildman–Crippen MR) is 136 cm³/mol. The van der Waals surface area contributed by atoms with Gasteiger partial charge in [-0.3, -0.25) is 0 Å². The van der Waals surface area contributed by atoms with Crippen molar-refractivity contribution in [1.29, 1.82) is 0 Å². The maximum Gasteiger partial charge on any atom is 0.323 e. The molecule has 0 unspecified atom stereocenters. The molecule has 4 aromatic rings. The summed E-state index contributed by atoms with van der Waals surface area (Å²) in [6, 6.07) is 13.7. The number of aromatic nitrogens is 4. The number of rotatable bonds is 8. The van der Waals surface area contributed by atoms with Crippen LogP contribution in [-0.4, -0.2) is 40.2 Å². The van der Waals surface area contributed by atoms with Gasteiger partial charge in [0, 0.05) is 24.4 Å². The molecule has 2 heterocycles. The number of amides is 2. The Bertz CT molecular complexity index is 1380. The first-order valence-electron chi connectivity index (χ1n) is 11.2. The van der Waals surface area contributed by atoms with E-state index in [-0.39, 0.29) is 0 Å². The van der Waals surface area contributed by atoms with E-state index >= 15 is 0 Å². The van der Waals surface area contributed by atoms with E-state index in [1.54, 1.807) is 55.8 Å². The van der Waals surface area contributed by atoms with E-state index in [1.807, 2.05) is 19.9 Å².